The molecule has 1 saturated carbocycles. The fourth-order valence-corrected chi connectivity index (χ4v) is 4.13. The fraction of sp³-hybridized carbons (Fsp3) is 0.333. The summed E-state index contributed by atoms with van der Waals surface area (Å²) in [7, 11) is 0. The number of halogens is 1. The van der Waals surface area contributed by atoms with Crippen LogP contribution in [0.1, 0.15) is 31.2 Å². The van der Waals surface area contributed by atoms with Gasteiger partial charge in [0.1, 0.15) is 5.52 Å². The van der Waals surface area contributed by atoms with Crippen LogP contribution in [0.5, 0.6) is 0 Å². The van der Waals surface area contributed by atoms with E-state index in [1.807, 2.05) is 30.3 Å². The van der Waals surface area contributed by atoms with E-state index in [2.05, 4.69) is 15.6 Å². The van der Waals surface area contributed by atoms with E-state index in [0.29, 0.717) is 22.5 Å². The molecule has 1 fully saturated rings. The van der Waals surface area contributed by atoms with Gasteiger partial charge in [0.05, 0.1) is 17.3 Å². The SMILES string of the molecule is O=C(NCCn1nnc2ccccc2c1=O)C1(c2ccc(Cl)cc2)CCCC1. The molecule has 0 bridgehead atoms. The topological polar surface area (TPSA) is 76.9 Å². The van der Waals surface area contributed by atoms with E-state index in [-0.39, 0.29) is 18.0 Å². The summed E-state index contributed by atoms with van der Waals surface area (Å²) in [6.07, 6.45) is 3.67. The van der Waals surface area contributed by atoms with Crippen LogP contribution in [0.2, 0.25) is 5.02 Å². The van der Waals surface area contributed by atoms with Gasteiger partial charge in [0.2, 0.25) is 5.91 Å². The highest BCUT2D eigenvalue weighted by atomic mass is 35.5. The third-order valence-corrected chi connectivity index (χ3v) is 5.78. The molecule has 3 aromatic rings. The number of nitrogens with zero attached hydrogens (tertiary/aromatic N) is 3. The summed E-state index contributed by atoms with van der Waals surface area (Å²) < 4.78 is 1.30. The van der Waals surface area contributed by atoms with Gasteiger partial charge in [0.25, 0.3) is 5.56 Å². The highest BCUT2D eigenvalue weighted by molar-refractivity contribution is 6.30. The standard InChI is InChI=1S/C21H21ClN4O2/c22-16-9-7-15(8-10-16)21(11-3-4-12-21)20(28)23-13-14-26-19(27)17-5-1-2-6-18(17)24-25-26/h1-2,5-10H,3-4,11-14H2,(H,23,28). The van der Waals surface area contributed by atoms with Crippen LogP contribution in [0.3, 0.4) is 0 Å². The van der Waals surface area contributed by atoms with Gasteiger partial charge in [-0.15, -0.1) is 5.10 Å². The first-order valence-corrected chi connectivity index (χ1v) is 9.85. The molecule has 0 unspecified atom stereocenters. The Morgan fingerprint density at radius 1 is 1.11 bits per heavy atom. The first-order chi connectivity index (χ1) is 13.6. The summed E-state index contributed by atoms with van der Waals surface area (Å²) >= 11 is 6.01. The van der Waals surface area contributed by atoms with Crippen molar-refractivity contribution >= 4 is 28.4 Å². The average molecular weight is 397 g/mol. The molecule has 2 aromatic carbocycles. The fourth-order valence-electron chi connectivity index (χ4n) is 4.01. The van der Waals surface area contributed by atoms with Crippen molar-refractivity contribution in [2.24, 2.45) is 0 Å². The van der Waals surface area contributed by atoms with Crippen molar-refractivity contribution in [3.8, 4) is 0 Å². The Kier molecular flexibility index (Phi) is 5.13. The number of aromatic nitrogens is 3. The number of carbonyl (C=O) groups excluding carboxylic acids is 1. The Bertz CT molecular complexity index is 1060. The van der Waals surface area contributed by atoms with Crippen molar-refractivity contribution in [2.75, 3.05) is 6.54 Å². The quantitative estimate of drug-likeness (QED) is 0.719. The molecule has 1 heterocycles. The highest BCUT2D eigenvalue weighted by Gasteiger charge is 2.42. The Balaban J connectivity index is 1.48. The molecule has 1 aliphatic carbocycles. The van der Waals surface area contributed by atoms with Crippen molar-refractivity contribution in [3.63, 3.8) is 0 Å². The van der Waals surface area contributed by atoms with Crippen molar-refractivity contribution < 1.29 is 4.79 Å². The van der Waals surface area contributed by atoms with E-state index in [0.717, 1.165) is 31.2 Å². The highest BCUT2D eigenvalue weighted by Crippen LogP contribution is 2.41. The lowest BCUT2D eigenvalue weighted by Gasteiger charge is -2.28. The van der Waals surface area contributed by atoms with Gasteiger partial charge in [-0.25, -0.2) is 4.68 Å². The maximum atomic E-state index is 13.1. The second-order valence-electron chi connectivity index (χ2n) is 7.19. The predicted octanol–water partition coefficient (Wildman–Crippen LogP) is 3.07. The minimum Gasteiger partial charge on any atom is -0.353 e. The molecule has 1 amide bonds. The maximum absolute atomic E-state index is 13.1. The van der Waals surface area contributed by atoms with Crippen LogP contribution in [0.25, 0.3) is 10.9 Å². The Labute approximate surface area is 167 Å². The van der Waals surface area contributed by atoms with Crippen LogP contribution >= 0.6 is 11.6 Å². The van der Waals surface area contributed by atoms with Gasteiger partial charge in [-0.2, -0.15) is 0 Å². The smallest absolute Gasteiger partial charge is 0.277 e. The van der Waals surface area contributed by atoms with Crippen LogP contribution in [-0.4, -0.2) is 27.4 Å². The molecule has 4 rings (SSSR count). The van der Waals surface area contributed by atoms with E-state index >= 15 is 0 Å². The van der Waals surface area contributed by atoms with E-state index in [4.69, 9.17) is 11.6 Å². The Hall–Kier alpha value is -2.73. The van der Waals surface area contributed by atoms with Gasteiger partial charge >= 0.3 is 0 Å². The molecule has 0 atom stereocenters. The summed E-state index contributed by atoms with van der Waals surface area (Å²) in [5, 5.41) is 12.2. The molecule has 0 radical (unpaired) electrons. The third-order valence-electron chi connectivity index (χ3n) is 5.53. The van der Waals surface area contributed by atoms with E-state index in [1.165, 1.54) is 4.68 Å². The van der Waals surface area contributed by atoms with E-state index in [9.17, 15) is 9.59 Å². The molecule has 7 heteroatoms. The zero-order valence-electron chi connectivity index (χ0n) is 15.4. The maximum Gasteiger partial charge on any atom is 0.277 e. The predicted molar refractivity (Wildman–Crippen MR) is 108 cm³/mol. The van der Waals surface area contributed by atoms with Gasteiger partial charge in [0, 0.05) is 11.6 Å². The van der Waals surface area contributed by atoms with Crippen LogP contribution in [0.4, 0.5) is 0 Å². The summed E-state index contributed by atoms with van der Waals surface area (Å²) in [6.45, 7) is 0.597. The van der Waals surface area contributed by atoms with Crippen LogP contribution in [0.15, 0.2) is 53.3 Å². The van der Waals surface area contributed by atoms with E-state index in [1.54, 1.807) is 18.2 Å². The van der Waals surface area contributed by atoms with Crippen LogP contribution in [-0.2, 0) is 16.8 Å². The number of amides is 1. The molecule has 28 heavy (non-hydrogen) atoms. The normalized spacial score (nSPS) is 15.6. The first kappa shape index (κ1) is 18.6. The zero-order chi connectivity index (χ0) is 19.6. The number of rotatable bonds is 5. The molecule has 1 aliphatic rings. The number of fused-ring (bicyclic) bond motifs is 1. The molecule has 1 aromatic heterocycles. The van der Waals surface area contributed by atoms with Crippen LogP contribution < -0.4 is 10.9 Å². The Morgan fingerprint density at radius 2 is 1.82 bits per heavy atom. The van der Waals surface area contributed by atoms with Gasteiger partial charge in [-0.3, -0.25) is 9.59 Å². The zero-order valence-corrected chi connectivity index (χ0v) is 16.2. The summed E-state index contributed by atoms with van der Waals surface area (Å²) in [6, 6.07) is 14.6. The number of hydrogen-bond donors (Lipinski definition) is 1. The second kappa shape index (κ2) is 7.72. The summed E-state index contributed by atoms with van der Waals surface area (Å²) in [5.74, 6) is -0.00544. The van der Waals surface area contributed by atoms with Crippen molar-refractivity contribution in [1.29, 1.82) is 0 Å². The van der Waals surface area contributed by atoms with Crippen molar-refractivity contribution in [2.45, 2.75) is 37.6 Å². The second-order valence-corrected chi connectivity index (χ2v) is 7.62. The van der Waals surface area contributed by atoms with Crippen LogP contribution in [0, 0.1) is 0 Å². The van der Waals surface area contributed by atoms with E-state index < -0.39 is 5.41 Å². The summed E-state index contributed by atoms with van der Waals surface area (Å²) in [4.78, 5) is 25.6. The number of carbonyl (C=O) groups is 1. The molecule has 0 saturated heterocycles. The number of nitrogens with one attached hydrogen (secondary N) is 1. The average Bonchev–Trinajstić information content (AvgIpc) is 3.21. The molecular formula is C21H21ClN4O2. The lowest BCUT2D eigenvalue weighted by atomic mass is 9.78. The Morgan fingerprint density at radius 3 is 2.57 bits per heavy atom. The lowest BCUT2D eigenvalue weighted by Crippen LogP contribution is -2.44. The van der Waals surface area contributed by atoms with Gasteiger partial charge in [0.15, 0.2) is 0 Å². The minimum absolute atomic E-state index is 0.00544. The number of hydrogen-bond acceptors (Lipinski definition) is 4. The summed E-state index contributed by atoms with van der Waals surface area (Å²) in [5.41, 5.74) is 0.841. The monoisotopic (exact) mass is 396 g/mol. The molecule has 0 aliphatic heterocycles. The van der Waals surface area contributed by atoms with Gasteiger partial charge < -0.3 is 5.32 Å². The molecule has 1 N–H and O–H groups in total. The van der Waals surface area contributed by atoms with Gasteiger partial charge in [-0.05, 0) is 42.7 Å². The largest absolute Gasteiger partial charge is 0.353 e. The molecule has 6 nitrogen and oxygen atoms in total. The first-order valence-electron chi connectivity index (χ1n) is 9.47. The number of benzene rings is 2. The van der Waals surface area contributed by atoms with Crippen molar-refractivity contribution in [3.05, 3.63) is 69.5 Å². The molecular weight excluding hydrogens is 376 g/mol. The molecule has 144 valence electrons. The lowest BCUT2D eigenvalue weighted by molar-refractivity contribution is -0.126. The minimum atomic E-state index is -0.523. The van der Waals surface area contributed by atoms with Crippen molar-refractivity contribution in [1.82, 2.24) is 20.3 Å². The third kappa shape index (κ3) is 3.40. The van der Waals surface area contributed by atoms with Gasteiger partial charge in [-0.1, -0.05) is 53.9 Å². The molecule has 0 spiro atoms.